The molecule has 0 aliphatic heterocycles. The number of nitrogens with one attached hydrogen (secondary N) is 1. The Bertz CT molecular complexity index is 978. The van der Waals surface area contributed by atoms with Gasteiger partial charge in [-0.3, -0.25) is 14.9 Å². The van der Waals surface area contributed by atoms with Crippen molar-refractivity contribution in [3.05, 3.63) is 80.1 Å². The number of hydrogen-bond donors (Lipinski definition) is 1. The van der Waals surface area contributed by atoms with Crippen LogP contribution in [0.5, 0.6) is 0 Å². The highest BCUT2D eigenvalue weighted by atomic mass is 19.1. The van der Waals surface area contributed by atoms with Crippen molar-refractivity contribution in [2.45, 2.75) is 0 Å². The molecule has 7 heteroatoms. The highest BCUT2D eigenvalue weighted by molar-refractivity contribution is 5.81. The average molecular weight is 311 g/mol. The van der Waals surface area contributed by atoms with Gasteiger partial charge in [0.15, 0.2) is 0 Å². The molecule has 0 unspecified atom stereocenters. The molecule has 0 spiro atoms. The minimum Gasteiger partial charge on any atom is -0.306 e. The van der Waals surface area contributed by atoms with E-state index in [-0.39, 0.29) is 33.8 Å². The van der Waals surface area contributed by atoms with Crippen molar-refractivity contribution in [1.82, 2.24) is 9.97 Å². The molecule has 2 aromatic carbocycles. The zero-order valence-corrected chi connectivity index (χ0v) is 11.7. The van der Waals surface area contributed by atoms with E-state index in [9.17, 15) is 19.3 Å². The van der Waals surface area contributed by atoms with Gasteiger partial charge in [-0.1, -0.05) is 18.2 Å². The number of nitro groups is 1. The first-order chi connectivity index (χ1) is 11.0. The number of benzene rings is 2. The van der Waals surface area contributed by atoms with Gasteiger partial charge in [0.05, 0.1) is 15.8 Å². The fraction of sp³-hybridized carbons (Fsp3) is 0. The summed E-state index contributed by atoms with van der Waals surface area (Å²) < 4.78 is 12.8. The number of aromatic nitrogens is 2. The molecule has 1 aromatic heterocycles. The Morgan fingerprint density at radius 3 is 2.57 bits per heavy atom. The predicted molar refractivity (Wildman–Crippen MR) is 84.3 cm³/mol. The van der Waals surface area contributed by atoms with Gasteiger partial charge in [-0.05, 0) is 29.8 Å². The van der Waals surface area contributed by atoms with Crippen LogP contribution in [0.3, 0.4) is 0 Å². The number of fused-ring (bicyclic) bond motifs is 1. The number of hydrogen-bond acceptors (Lipinski definition) is 4. The number of rotatable bonds is 3. The van der Waals surface area contributed by atoms with Gasteiger partial charge in [-0.25, -0.2) is 9.37 Å². The summed E-state index contributed by atoms with van der Waals surface area (Å²) in [5, 5.41) is 11.1. The zero-order valence-electron chi connectivity index (χ0n) is 11.7. The quantitative estimate of drug-likeness (QED) is 0.594. The molecule has 114 valence electrons. The number of nitrogens with zero attached hydrogens (tertiary/aromatic N) is 2. The lowest BCUT2D eigenvalue weighted by molar-refractivity contribution is -0.384. The molecule has 0 atom stereocenters. The monoisotopic (exact) mass is 311 g/mol. The van der Waals surface area contributed by atoms with Gasteiger partial charge in [0, 0.05) is 12.1 Å². The number of H-pyrrole nitrogens is 1. The van der Waals surface area contributed by atoms with E-state index in [1.54, 1.807) is 24.3 Å². The maximum Gasteiger partial charge on any atom is 0.271 e. The molecule has 6 nitrogen and oxygen atoms in total. The van der Waals surface area contributed by atoms with Crippen molar-refractivity contribution >= 4 is 28.7 Å². The maximum absolute atomic E-state index is 12.8. The summed E-state index contributed by atoms with van der Waals surface area (Å²) in [6.07, 6.45) is 3.20. The van der Waals surface area contributed by atoms with Crippen LogP contribution in [0.2, 0.25) is 0 Å². The van der Waals surface area contributed by atoms with E-state index in [4.69, 9.17) is 0 Å². The van der Waals surface area contributed by atoms with Crippen LogP contribution >= 0.6 is 0 Å². The molecule has 3 rings (SSSR count). The first-order valence-electron chi connectivity index (χ1n) is 6.65. The van der Waals surface area contributed by atoms with Crippen LogP contribution in [0, 0.1) is 15.9 Å². The summed E-state index contributed by atoms with van der Waals surface area (Å²) in [5.41, 5.74) is 0.447. The van der Waals surface area contributed by atoms with E-state index in [1.807, 2.05) is 0 Å². The molecule has 0 radical (unpaired) electrons. The third-order valence-electron chi connectivity index (χ3n) is 3.22. The van der Waals surface area contributed by atoms with Crippen molar-refractivity contribution in [3.63, 3.8) is 0 Å². The Morgan fingerprint density at radius 1 is 1.13 bits per heavy atom. The van der Waals surface area contributed by atoms with Crippen molar-refractivity contribution < 1.29 is 9.31 Å². The van der Waals surface area contributed by atoms with Crippen LogP contribution < -0.4 is 5.56 Å². The second-order valence-electron chi connectivity index (χ2n) is 4.79. The van der Waals surface area contributed by atoms with E-state index >= 15 is 0 Å². The minimum absolute atomic E-state index is 0.135. The number of aromatic amines is 1. The molecule has 0 aliphatic rings. The Labute approximate surface area is 129 Å². The molecule has 0 amide bonds. The van der Waals surface area contributed by atoms with E-state index in [0.29, 0.717) is 0 Å². The maximum atomic E-state index is 12.8. The number of nitro benzene ring substituents is 1. The third-order valence-corrected chi connectivity index (χ3v) is 3.22. The molecule has 3 aromatic rings. The predicted octanol–water partition coefficient (Wildman–Crippen LogP) is 3.14. The van der Waals surface area contributed by atoms with Crippen LogP contribution in [0.15, 0.2) is 47.3 Å². The van der Waals surface area contributed by atoms with Crippen molar-refractivity contribution in [1.29, 1.82) is 0 Å². The lowest BCUT2D eigenvalue weighted by Gasteiger charge is -1.99. The minimum atomic E-state index is -0.545. The highest BCUT2D eigenvalue weighted by Gasteiger charge is 2.09. The Morgan fingerprint density at radius 2 is 1.87 bits per heavy atom. The van der Waals surface area contributed by atoms with E-state index in [0.717, 1.165) is 5.56 Å². The number of halogens is 1. The summed E-state index contributed by atoms with van der Waals surface area (Å²) in [6, 6.07) is 9.67. The summed E-state index contributed by atoms with van der Waals surface area (Å²) in [6.45, 7) is 0. The summed E-state index contributed by atoms with van der Waals surface area (Å²) in [7, 11) is 0. The smallest absolute Gasteiger partial charge is 0.271 e. The van der Waals surface area contributed by atoms with E-state index in [1.165, 1.54) is 30.3 Å². The van der Waals surface area contributed by atoms with Crippen LogP contribution in [0.1, 0.15) is 11.4 Å². The SMILES string of the molecule is O=c1[nH]c(C=Cc2ccc(F)cc2)nc2cc([N+](=O)[O-])ccc12. The zero-order chi connectivity index (χ0) is 16.4. The van der Waals surface area contributed by atoms with Gasteiger partial charge >= 0.3 is 0 Å². The summed E-state index contributed by atoms with van der Waals surface area (Å²) in [4.78, 5) is 29.0. The van der Waals surface area contributed by atoms with Crippen LogP contribution in [0.25, 0.3) is 23.1 Å². The molecule has 0 saturated carbocycles. The van der Waals surface area contributed by atoms with Crippen LogP contribution in [-0.4, -0.2) is 14.9 Å². The van der Waals surface area contributed by atoms with Gasteiger partial charge in [0.25, 0.3) is 11.2 Å². The Balaban J connectivity index is 2.02. The van der Waals surface area contributed by atoms with E-state index in [2.05, 4.69) is 9.97 Å². The molecule has 1 N–H and O–H groups in total. The van der Waals surface area contributed by atoms with Crippen molar-refractivity contribution in [3.8, 4) is 0 Å². The molecule has 0 saturated heterocycles. The van der Waals surface area contributed by atoms with Crippen LogP contribution in [0.4, 0.5) is 10.1 Å². The molecule has 23 heavy (non-hydrogen) atoms. The lowest BCUT2D eigenvalue weighted by atomic mass is 10.2. The standard InChI is InChI=1S/C16H10FN3O3/c17-11-4-1-10(2-5-11)3-8-15-18-14-9-12(20(22)23)6-7-13(14)16(21)19-15/h1-9H,(H,18,19,21). The van der Waals surface area contributed by atoms with Gasteiger partial charge in [0.2, 0.25) is 0 Å². The van der Waals surface area contributed by atoms with Gasteiger partial charge in [-0.2, -0.15) is 0 Å². The molecular formula is C16H10FN3O3. The molecule has 0 aliphatic carbocycles. The summed E-state index contributed by atoms with van der Waals surface area (Å²) in [5.74, 6) is -0.0842. The largest absolute Gasteiger partial charge is 0.306 e. The van der Waals surface area contributed by atoms with Gasteiger partial charge in [-0.15, -0.1) is 0 Å². The topological polar surface area (TPSA) is 88.9 Å². The number of non-ortho nitro benzene ring substituents is 1. The molecule has 1 heterocycles. The Hall–Kier alpha value is -3.35. The second kappa shape index (κ2) is 5.80. The molecule has 0 bridgehead atoms. The average Bonchev–Trinajstić information content (AvgIpc) is 2.54. The van der Waals surface area contributed by atoms with E-state index < -0.39 is 4.92 Å². The third kappa shape index (κ3) is 3.13. The fourth-order valence-corrected chi connectivity index (χ4v) is 2.09. The first-order valence-corrected chi connectivity index (χ1v) is 6.65. The highest BCUT2D eigenvalue weighted by Crippen LogP contribution is 2.17. The Kier molecular flexibility index (Phi) is 3.68. The second-order valence-corrected chi connectivity index (χ2v) is 4.79. The van der Waals surface area contributed by atoms with Gasteiger partial charge < -0.3 is 4.98 Å². The van der Waals surface area contributed by atoms with Crippen molar-refractivity contribution in [2.24, 2.45) is 0 Å². The fourth-order valence-electron chi connectivity index (χ4n) is 2.09. The van der Waals surface area contributed by atoms with Crippen LogP contribution in [-0.2, 0) is 0 Å². The molecular weight excluding hydrogens is 301 g/mol. The van der Waals surface area contributed by atoms with Gasteiger partial charge in [0.1, 0.15) is 11.6 Å². The molecule has 0 fully saturated rings. The normalized spacial score (nSPS) is 11.2. The first kappa shape index (κ1) is 14.6. The van der Waals surface area contributed by atoms with Crippen molar-refractivity contribution in [2.75, 3.05) is 0 Å². The lowest BCUT2D eigenvalue weighted by Crippen LogP contribution is -2.09. The summed E-state index contributed by atoms with van der Waals surface area (Å²) >= 11 is 0.